The zero-order valence-corrected chi connectivity index (χ0v) is 9.29. The van der Waals surface area contributed by atoms with Gasteiger partial charge in [0, 0.05) is 6.04 Å². The van der Waals surface area contributed by atoms with Crippen molar-refractivity contribution >= 4 is 0 Å². The summed E-state index contributed by atoms with van der Waals surface area (Å²) >= 11 is 0. The minimum Gasteiger partial charge on any atom is -0.271 e. The summed E-state index contributed by atoms with van der Waals surface area (Å²) in [4.78, 5) is 0. The highest BCUT2D eigenvalue weighted by Gasteiger charge is 2.42. The van der Waals surface area contributed by atoms with Gasteiger partial charge >= 0.3 is 0 Å². The molecule has 2 fully saturated rings. The van der Waals surface area contributed by atoms with Crippen LogP contribution in [-0.2, 0) is 0 Å². The number of allylic oxidation sites excluding steroid dienone is 1. The monoisotopic (exact) mass is 194 g/mol. The summed E-state index contributed by atoms with van der Waals surface area (Å²) in [5, 5.41) is 0. The topological polar surface area (TPSA) is 38.0 Å². The Hall–Kier alpha value is -0.340. The quantitative estimate of drug-likeness (QED) is 0.411. The lowest BCUT2D eigenvalue weighted by atomic mass is 9.83. The van der Waals surface area contributed by atoms with E-state index < -0.39 is 0 Å². The molecule has 0 spiro atoms. The molecule has 0 aliphatic heterocycles. The highest BCUT2D eigenvalue weighted by atomic mass is 15.2. The predicted octanol–water partition coefficient (Wildman–Crippen LogP) is 2.22. The Labute approximate surface area is 86.9 Å². The average Bonchev–Trinajstić information content (AvgIpc) is 2.74. The number of hydrazine groups is 1. The summed E-state index contributed by atoms with van der Waals surface area (Å²) < 4.78 is 0. The van der Waals surface area contributed by atoms with Gasteiger partial charge in [-0.15, -0.1) is 0 Å². The molecule has 0 saturated heterocycles. The summed E-state index contributed by atoms with van der Waals surface area (Å²) in [6.45, 7) is 4.30. The van der Waals surface area contributed by atoms with Gasteiger partial charge in [-0.1, -0.05) is 18.1 Å². The highest BCUT2D eigenvalue weighted by molar-refractivity contribution is 5.07. The fourth-order valence-corrected chi connectivity index (χ4v) is 3.39. The molecule has 2 aliphatic carbocycles. The zero-order valence-electron chi connectivity index (χ0n) is 9.29. The average molecular weight is 194 g/mol. The van der Waals surface area contributed by atoms with E-state index in [0.717, 1.165) is 17.8 Å². The van der Waals surface area contributed by atoms with Gasteiger partial charge in [0.2, 0.25) is 0 Å². The van der Waals surface area contributed by atoms with Gasteiger partial charge in [-0.25, -0.2) is 0 Å². The van der Waals surface area contributed by atoms with Gasteiger partial charge in [0.25, 0.3) is 0 Å². The van der Waals surface area contributed by atoms with Crippen molar-refractivity contribution in [2.45, 2.75) is 45.6 Å². The lowest BCUT2D eigenvalue weighted by molar-refractivity contribution is 0.279. The van der Waals surface area contributed by atoms with Gasteiger partial charge in [-0.05, 0) is 50.9 Å². The molecule has 2 bridgehead atoms. The molecule has 2 heteroatoms. The van der Waals surface area contributed by atoms with E-state index in [1.165, 1.54) is 31.3 Å². The summed E-state index contributed by atoms with van der Waals surface area (Å²) in [5.74, 6) is 8.39. The summed E-state index contributed by atoms with van der Waals surface area (Å²) in [6.07, 6.45) is 8.05. The Morgan fingerprint density at radius 3 is 2.57 bits per heavy atom. The third-order valence-corrected chi connectivity index (χ3v) is 3.96. The van der Waals surface area contributed by atoms with Crippen molar-refractivity contribution in [1.29, 1.82) is 0 Å². The van der Waals surface area contributed by atoms with E-state index in [1.807, 2.05) is 0 Å². The molecular weight excluding hydrogens is 172 g/mol. The van der Waals surface area contributed by atoms with Crippen LogP contribution in [-0.4, -0.2) is 6.04 Å². The van der Waals surface area contributed by atoms with Gasteiger partial charge < -0.3 is 0 Å². The maximum Gasteiger partial charge on any atom is 0.0423 e. The van der Waals surface area contributed by atoms with Crippen molar-refractivity contribution in [2.75, 3.05) is 0 Å². The van der Waals surface area contributed by atoms with Crippen LogP contribution in [0.3, 0.4) is 0 Å². The Morgan fingerprint density at radius 2 is 2.14 bits per heavy atom. The van der Waals surface area contributed by atoms with Crippen LogP contribution in [0.15, 0.2) is 11.6 Å². The first kappa shape index (κ1) is 10.2. The van der Waals surface area contributed by atoms with Crippen molar-refractivity contribution in [1.82, 2.24) is 5.43 Å². The summed E-state index contributed by atoms with van der Waals surface area (Å²) in [6, 6.07) is 0.412. The molecule has 4 unspecified atom stereocenters. The normalized spacial score (nSPS) is 37.2. The molecule has 0 aromatic heterocycles. The maximum atomic E-state index is 5.64. The SMILES string of the molecule is CC(C)=CC(NN)C1CC2CCC1C2. The number of nitrogens with one attached hydrogen (secondary N) is 1. The van der Waals surface area contributed by atoms with Crippen molar-refractivity contribution < 1.29 is 0 Å². The molecular formula is C12H22N2. The number of hydrogen-bond acceptors (Lipinski definition) is 2. The molecule has 0 amide bonds. The lowest BCUT2D eigenvalue weighted by Crippen LogP contribution is -2.41. The molecule has 4 atom stereocenters. The van der Waals surface area contributed by atoms with E-state index in [9.17, 15) is 0 Å². The first-order valence-corrected chi connectivity index (χ1v) is 5.82. The Kier molecular flexibility index (Phi) is 2.93. The van der Waals surface area contributed by atoms with Gasteiger partial charge in [-0.3, -0.25) is 11.3 Å². The van der Waals surface area contributed by atoms with Crippen LogP contribution in [0.4, 0.5) is 0 Å². The summed E-state index contributed by atoms with van der Waals surface area (Å²) in [5.41, 5.74) is 4.35. The van der Waals surface area contributed by atoms with E-state index in [1.54, 1.807) is 0 Å². The smallest absolute Gasteiger partial charge is 0.0423 e. The fraction of sp³-hybridized carbons (Fsp3) is 0.833. The molecule has 2 nitrogen and oxygen atoms in total. The second kappa shape index (κ2) is 4.03. The zero-order chi connectivity index (χ0) is 10.1. The Balaban J connectivity index is 2.02. The molecule has 2 saturated carbocycles. The number of nitrogens with two attached hydrogens (primary N) is 1. The van der Waals surface area contributed by atoms with E-state index in [4.69, 9.17) is 5.84 Å². The maximum absolute atomic E-state index is 5.64. The molecule has 80 valence electrons. The Bertz CT molecular complexity index is 230. The van der Waals surface area contributed by atoms with E-state index in [2.05, 4.69) is 25.3 Å². The van der Waals surface area contributed by atoms with E-state index in [-0.39, 0.29) is 0 Å². The third kappa shape index (κ3) is 1.86. The Morgan fingerprint density at radius 1 is 1.36 bits per heavy atom. The third-order valence-electron chi connectivity index (χ3n) is 3.96. The molecule has 3 N–H and O–H groups in total. The van der Waals surface area contributed by atoms with E-state index >= 15 is 0 Å². The molecule has 0 heterocycles. The minimum atomic E-state index is 0.412. The van der Waals surface area contributed by atoms with Crippen molar-refractivity contribution in [3.8, 4) is 0 Å². The molecule has 14 heavy (non-hydrogen) atoms. The van der Waals surface area contributed by atoms with Gasteiger partial charge in [0.05, 0.1) is 0 Å². The van der Waals surface area contributed by atoms with Crippen molar-refractivity contribution in [3.63, 3.8) is 0 Å². The van der Waals surface area contributed by atoms with Gasteiger partial charge in [0.15, 0.2) is 0 Å². The van der Waals surface area contributed by atoms with Gasteiger partial charge in [-0.2, -0.15) is 0 Å². The largest absolute Gasteiger partial charge is 0.271 e. The number of rotatable bonds is 3. The second-order valence-electron chi connectivity index (χ2n) is 5.28. The molecule has 0 radical (unpaired) electrons. The van der Waals surface area contributed by atoms with Crippen LogP contribution >= 0.6 is 0 Å². The fourth-order valence-electron chi connectivity index (χ4n) is 3.39. The highest BCUT2D eigenvalue weighted by Crippen LogP contribution is 2.49. The van der Waals surface area contributed by atoms with Crippen LogP contribution in [0.5, 0.6) is 0 Å². The molecule has 0 aromatic carbocycles. The first-order chi connectivity index (χ1) is 6.70. The second-order valence-corrected chi connectivity index (χ2v) is 5.28. The number of hydrogen-bond donors (Lipinski definition) is 2. The van der Waals surface area contributed by atoms with Crippen LogP contribution in [0.1, 0.15) is 39.5 Å². The van der Waals surface area contributed by atoms with Crippen LogP contribution in [0.25, 0.3) is 0 Å². The van der Waals surface area contributed by atoms with Crippen LogP contribution in [0.2, 0.25) is 0 Å². The van der Waals surface area contributed by atoms with Crippen molar-refractivity contribution in [3.05, 3.63) is 11.6 Å². The first-order valence-electron chi connectivity index (χ1n) is 5.82. The minimum absolute atomic E-state index is 0.412. The standard InChI is InChI=1S/C12H22N2/c1-8(2)5-12(14-13)11-7-9-3-4-10(11)6-9/h5,9-12,14H,3-4,6-7,13H2,1-2H3. The van der Waals surface area contributed by atoms with Crippen LogP contribution < -0.4 is 11.3 Å². The van der Waals surface area contributed by atoms with Gasteiger partial charge in [0.1, 0.15) is 0 Å². The van der Waals surface area contributed by atoms with Crippen molar-refractivity contribution in [2.24, 2.45) is 23.6 Å². The van der Waals surface area contributed by atoms with E-state index in [0.29, 0.717) is 6.04 Å². The molecule has 2 rings (SSSR count). The molecule has 0 aromatic rings. The molecule has 2 aliphatic rings. The predicted molar refractivity (Wildman–Crippen MR) is 59.5 cm³/mol. The lowest BCUT2D eigenvalue weighted by Gasteiger charge is -2.28. The summed E-state index contributed by atoms with van der Waals surface area (Å²) in [7, 11) is 0. The van der Waals surface area contributed by atoms with Crippen LogP contribution in [0, 0.1) is 17.8 Å². The number of fused-ring (bicyclic) bond motifs is 2.